The largest absolute Gasteiger partial charge is 0.381 e. The van der Waals surface area contributed by atoms with Crippen molar-refractivity contribution in [3.63, 3.8) is 0 Å². The molecule has 1 rings (SSSR count). The molecule has 1 aliphatic rings. The van der Waals surface area contributed by atoms with Crippen LogP contribution in [0, 0.1) is 0 Å². The highest BCUT2D eigenvalue weighted by Gasteiger charge is 2.20. The number of thioether (sulfide) groups is 1. The molecule has 1 saturated heterocycles. The normalized spacial score (nSPS) is 42.0. The maximum Gasteiger partial charge on any atom is 0.114 e. The van der Waals surface area contributed by atoms with Gasteiger partial charge in [0.05, 0.1) is 0 Å². The van der Waals surface area contributed by atoms with E-state index in [2.05, 4.69) is 0 Å². The molecule has 0 aromatic rings. The maximum atomic E-state index is 8.84. The summed E-state index contributed by atoms with van der Waals surface area (Å²) in [6, 6.07) is 0.0324. The first kappa shape index (κ1) is 5.41. The summed E-state index contributed by atoms with van der Waals surface area (Å²) in [6.45, 7) is 0. The van der Waals surface area contributed by atoms with Gasteiger partial charge in [-0.2, -0.15) is 0 Å². The quantitative estimate of drug-likeness (QED) is 0.463. The van der Waals surface area contributed by atoms with Crippen molar-refractivity contribution in [3.8, 4) is 0 Å². The Kier molecular flexibility index (Phi) is 1.57. The fourth-order valence-corrected chi connectivity index (χ4v) is 1.62. The number of aliphatic hydroxyl groups excluding tert-OH is 1. The lowest BCUT2D eigenvalue weighted by Gasteiger charge is -2.03. The monoisotopic (exact) mass is 119 g/mol. The lowest BCUT2D eigenvalue weighted by Crippen LogP contribution is -2.26. The van der Waals surface area contributed by atoms with Gasteiger partial charge in [0.15, 0.2) is 0 Å². The van der Waals surface area contributed by atoms with Gasteiger partial charge in [0.1, 0.15) is 5.44 Å². The first-order valence-corrected chi connectivity index (χ1v) is 3.41. The van der Waals surface area contributed by atoms with Gasteiger partial charge in [0, 0.05) is 6.04 Å². The van der Waals surface area contributed by atoms with Gasteiger partial charge in [-0.3, -0.25) is 0 Å². The predicted octanol–water partition coefficient (Wildman–Crippen LogP) is -0.231. The fourth-order valence-electron chi connectivity index (χ4n) is 0.591. The van der Waals surface area contributed by atoms with E-state index in [4.69, 9.17) is 10.8 Å². The van der Waals surface area contributed by atoms with Crippen LogP contribution < -0.4 is 5.73 Å². The minimum atomic E-state index is -0.292. The van der Waals surface area contributed by atoms with Crippen molar-refractivity contribution in [2.75, 3.05) is 5.75 Å². The molecule has 3 N–H and O–H groups in total. The molecular weight excluding hydrogens is 110 g/mol. The van der Waals surface area contributed by atoms with Gasteiger partial charge < -0.3 is 10.8 Å². The Morgan fingerprint density at radius 3 is 2.57 bits per heavy atom. The van der Waals surface area contributed by atoms with Crippen LogP contribution in [0.2, 0.25) is 0 Å². The molecule has 1 heterocycles. The van der Waals surface area contributed by atoms with Crippen molar-refractivity contribution in [1.29, 1.82) is 0 Å². The predicted molar refractivity (Wildman–Crippen MR) is 31.1 cm³/mol. The molecule has 0 spiro atoms. The number of hydrogen-bond acceptors (Lipinski definition) is 3. The summed E-state index contributed by atoms with van der Waals surface area (Å²) < 4.78 is 0. The Morgan fingerprint density at radius 2 is 2.43 bits per heavy atom. The average molecular weight is 119 g/mol. The first-order chi connectivity index (χ1) is 3.30. The minimum Gasteiger partial charge on any atom is -0.381 e. The highest BCUT2D eigenvalue weighted by atomic mass is 32.2. The summed E-state index contributed by atoms with van der Waals surface area (Å²) >= 11 is 1.54. The summed E-state index contributed by atoms with van der Waals surface area (Å²) in [5.41, 5.74) is 5.12. The summed E-state index contributed by atoms with van der Waals surface area (Å²) in [5.74, 6) is 1.02. The molecular formula is C4H9NOS. The molecule has 0 aliphatic carbocycles. The zero-order valence-electron chi connectivity index (χ0n) is 4.00. The summed E-state index contributed by atoms with van der Waals surface area (Å²) in [4.78, 5) is 0. The number of nitrogens with two attached hydrogens (primary N) is 1. The SMILES string of the molecule is NC1CCSC1O. The summed E-state index contributed by atoms with van der Waals surface area (Å²) in [7, 11) is 0. The van der Waals surface area contributed by atoms with Gasteiger partial charge in [0.25, 0.3) is 0 Å². The van der Waals surface area contributed by atoms with Gasteiger partial charge in [-0.1, -0.05) is 0 Å². The van der Waals surface area contributed by atoms with Crippen molar-refractivity contribution in [2.24, 2.45) is 5.73 Å². The van der Waals surface area contributed by atoms with Crippen LogP contribution in [0.5, 0.6) is 0 Å². The van der Waals surface area contributed by atoms with Gasteiger partial charge >= 0.3 is 0 Å². The first-order valence-electron chi connectivity index (χ1n) is 2.36. The molecule has 0 bridgehead atoms. The van der Waals surface area contributed by atoms with Crippen LogP contribution in [0.25, 0.3) is 0 Å². The third kappa shape index (κ3) is 1.08. The molecule has 42 valence electrons. The molecule has 3 heteroatoms. The van der Waals surface area contributed by atoms with E-state index in [1.807, 2.05) is 0 Å². The van der Waals surface area contributed by atoms with E-state index in [1.165, 1.54) is 11.8 Å². The number of hydrogen-bond donors (Lipinski definition) is 2. The van der Waals surface area contributed by atoms with Crippen molar-refractivity contribution in [3.05, 3.63) is 0 Å². The molecule has 2 nitrogen and oxygen atoms in total. The molecule has 1 aliphatic heterocycles. The van der Waals surface area contributed by atoms with Gasteiger partial charge in [-0.15, -0.1) is 11.8 Å². The Balaban J connectivity index is 2.33. The van der Waals surface area contributed by atoms with E-state index in [0.717, 1.165) is 12.2 Å². The number of rotatable bonds is 0. The van der Waals surface area contributed by atoms with E-state index in [-0.39, 0.29) is 11.5 Å². The highest BCUT2D eigenvalue weighted by Crippen LogP contribution is 2.22. The third-order valence-electron chi connectivity index (χ3n) is 1.11. The topological polar surface area (TPSA) is 46.2 Å². The Bertz CT molecular complexity index is 60.7. The average Bonchev–Trinajstić information content (AvgIpc) is 1.91. The molecule has 2 unspecified atom stereocenters. The Labute approximate surface area is 47.1 Å². The molecule has 0 saturated carbocycles. The van der Waals surface area contributed by atoms with E-state index in [1.54, 1.807) is 0 Å². The van der Waals surface area contributed by atoms with Crippen LogP contribution in [0.3, 0.4) is 0 Å². The standard InChI is InChI=1S/C4H9NOS/c5-3-1-2-7-4(3)6/h3-4,6H,1-2,5H2. The molecule has 2 atom stereocenters. The van der Waals surface area contributed by atoms with Gasteiger partial charge in [-0.05, 0) is 12.2 Å². The highest BCUT2D eigenvalue weighted by molar-refractivity contribution is 8.00. The van der Waals surface area contributed by atoms with Crippen molar-refractivity contribution in [2.45, 2.75) is 17.9 Å². The van der Waals surface area contributed by atoms with E-state index in [0.29, 0.717) is 0 Å². The molecule has 0 amide bonds. The van der Waals surface area contributed by atoms with Crippen LogP contribution >= 0.6 is 11.8 Å². The Morgan fingerprint density at radius 1 is 1.71 bits per heavy atom. The van der Waals surface area contributed by atoms with Gasteiger partial charge in [-0.25, -0.2) is 0 Å². The van der Waals surface area contributed by atoms with Crippen LogP contribution in [0.15, 0.2) is 0 Å². The van der Waals surface area contributed by atoms with Crippen molar-refractivity contribution < 1.29 is 5.11 Å². The lowest BCUT2D eigenvalue weighted by molar-refractivity contribution is 0.238. The molecule has 1 fully saturated rings. The second-order valence-corrected chi connectivity index (χ2v) is 2.94. The zero-order chi connectivity index (χ0) is 5.28. The Hall–Kier alpha value is 0.270. The second-order valence-electron chi connectivity index (χ2n) is 1.71. The fraction of sp³-hybridized carbons (Fsp3) is 1.00. The summed E-state index contributed by atoms with van der Waals surface area (Å²) in [5, 5.41) is 8.84. The lowest BCUT2D eigenvalue weighted by atomic mass is 10.3. The molecule has 0 radical (unpaired) electrons. The van der Waals surface area contributed by atoms with Crippen molar-refractivity contribution >= 4 is 11.8 Å². The molecule has 7 heavy (non-hydrogen) atoms. The zero-order valence-corrected chi connectivity index (χ0v) is 4.82. The third-order valence-corrected chi connectivity index (χ3v) is 2.27. The minimum absolute atomic E-state index is 0.0324. The van der Waals surface area contributed by atoms with E-state index in [9.17, 15) is 0 Å². The smallest absolute Gasteiger partial charge is 0.114 e. The molecule has 0 aromatic carbocycles. The van der Waals surface area contributed by atoms with Crippen LogP contribution in [0.4, 0.5) is 0 Å². The summed E-state index contributed by atoms with van der Waals surface area (Å²) in [6.07, 6.45) is 0.964. The number of aliphatic hydroxyl groups is 1. The second kappa shape index (κ2) is 2.03. The van der Waals surface area contributed by atoms with Crippen LogP contribution in [0.1, 0.15) is 6.42 Å². The van der Waals surface area contributed by atoms with Crippen molar-refractivity contribution in [1.82, 2.24) is 0 Å². The molecule has 0 aromatic heterocycles. The van der Waals surface area contributed by atoms with Crippen LogP contribution in [-0.2, 0) is 0 Å². The van der Waals surface area contributed by atoms with E-state index >= 15 is 0 Å². The van der Waals surface area contributed by atoms with Gasteiger partial charge in [0.2, 0.25) is 0 Å². The maximum absolute atomic E-state index is 8.84. The van der Waals surface area contributed by atoms with E-state index < -0.39 is 0 Å². The van der Waals surface area contributed by atoms with Crippen LogP contribution in [-0.4, -0.2) is 22.3 Å².